The first kappa shape index (κ1) is 21.6. The number of imidazole rings is 1. The largest absolute Gasteiger partial charge is 0.357 e. The normalized spacial score (nSPS) is 15.7. The highest BCUT2D eigenvalue weighted by Crippen LogP contribution is 2.31. The molecule has 1 aromatic heterocycles. The van der Waals surface area contributed by atoms with E-state index in [0.717, 1.165) is 42.5 Å². The number of carbonyl (C=O) groups is 1. The molecule has 2 aromatic carbocycles. The smallest absolute Gasteiger partial charge is 0.225 e. The first-order valence-electron chi connectivity index (χ1n) is 11.2. The van der Waals surface area contributed by atoms with E-state index in [4.69, 9.17) is 4.99 Å². The number of rotatable bonds is 8. The van der Waals surface area contributed by atoms with Gasteiger partial charge in [-0.1, -0.05) is 48.5 Å². The third-order valence-electron chi connectivity index (χ3n) is 5.63. The molecule has 0 bridgehead atoms. The van der Waals surface area contributed by atoms with Crippen molar-refractivity contribution in [3.63, 3.8) is 0 Å². The lowest BCUT2D eigenvalue weighted by atomic mass is 9.90. The summed E-state index contributed by atoms with van der Waals surface area (Å²) in [6, 6.07) is 18.4. The van der Waals surface area contributed by atoms with Crippen LogP contribution in [0.25, 0.3) is 0 Å². The van der Waals surface area contributed by atoms with E-state index in [1.54, 1.807) is 0 Å². The van der Waals surface area contributed by atoms with Gasteiger partial charge in [-0.3, -0.25) is 4.79 Å². The zero-order chi connectivity index (χ0) is 22.2. The molecule has 3 aromatic rings. The Balaban J connectivity index is 1.38. The Bertz CT molecular complexity index is 1060. The predicted octanol–water partition coefficient (Wildman–Crippen LogP) is 3.31. The molecule has 4 rings (SSSR count). The number of hydrogen-bond donors (Lipinski definition) is 3. The summed E-state index contributed by atoms with van der Waals surface area (Å²) in [5.74, 6) is 1.82. The number of para-hydroxylation sites is 1. The van der Waals surface area contributed by atoms with Crippen LogP contribution in [0.3, 0.4) is 0 Å². The van der Waals surface area contributed by atoms with Crippen LogP contribution in [0.2, 0.25) is 0 Å². The van der Waals surface area contributed by atoms with Gasteiger partial charge in [-0.2, -0.15) is 0 Å². The quantitative estimate of drug-likeness (QED) is 0.378. The van der Waals surface area contributed by atoms with Gasteiger partial charge < -0.3 is 20.5 Å². The molecule has 1 atom stereocenters. The third-order valence-corrected chi connectivity index (χ3v) is 5.63. The average molecular weight is 431 g/mol. The Morgan fingerprint density at radius 3 is 2.81 bits per heavy atom. The van der Waals surface area contributed by atoms with Crippen molar-refractivity contribution in [3.05, 3.63) is 83.9 Å². The maximum atomic E-state index is 12.1. The summed E-state index contributed by atoms with van der Waals surface area (Å²) >= 11 is 0. The van der Waals surface area contributed by atoms with Gasteiger partial charge in [0.1, 0.15) is 12.4 Å². The maximum Gasteiger partial charge on any atom is 0.225 e. The van der Waals surface area contributed by atoms with E-state index in [2.05, 4.69) is 55.8 Å². The summed E-state index contributed by atoms with van der Waals surface area (Å²) < 4.78 is 2.15. The van der Waals surface area contributed by atoms with Crippen LogP contribution < -0.4 is 16.0 Å². The van der Waals surface area contributed by atoms with Crippen LogP contribution in [0.5, 0.6) is 0 Å². The lowest BCUT2D eigenvalue weighted by Crippen LogP contribution is -2.40. The van der Waals surface area contributed by atoms with Gasteiger partial charge in [-0.25, -0.2) is 9.98 Å². The van der Waals surface area contributed by atoms with Crippen molar-refractivity contribution in [1.29, 1.82) is 0 Å². The van der Waals surface area contributed by atoms with Crippen molar-refractivity contribution in [2.75, 3.05) is 18.4 Å². The molecule has 32 heavy (non-hydrogen) atoms. The number of amides is 1. The summed E-state index contributed by atoms with van der Waals surface area (Å²) in [4.78, 5) is 21.3. The number of nitrogens with zero attached hydrogens (tertiary/aromatic N) is 3. The molecule has 0 radical (unpaired) electrons. The number of benzene rings is 2. The Hall–Kier alpha value is -3.61. The van der Waals surface area contributed by atoms with E-state index in [1.807, 2.05) is 43.6 Å². The van der Waals surface area contributed by atoms with Gasteiger partial charge in [-0.05, 0) is 30.5 Å². The molecule has 7 nitrogen and oxygen atoms in total. The number of aryl methyl sites for hydroxylation is 2. The number of aliphatic imine (C=N–C) groups is 1. The second-order valence-corrected chi connectivity index (χ2v) is 7.89. The molecular formula is C25H30N6O. The second-order valence-electron chi connectivity index (χ2n) is 7.89. The molecule has 3 N–H and O–H groups in total. The van der Waals surface area contributed by atoms with E-state index >= 15 is 0 Å². The van der Waals surface area contributed by atoms with E-state index < -0.39 is 0 Å². The summed E-state index contributed by atoms with van der Waals surface area (Å²) in [6.07, 6.45) is 5.25. The number of carbonyl (C=O) groups excluding carboxylic acids is 1. The van der Waals surface area contributed by atoms with Crippen molar-refractivity contribution in [3.8, 4) is 0 Å². The molecule has 1 amide bonds. The molecule has 1 unspecified atom stereocenters. The average Bonchev–Trinajstić information content (AvgIpc) is 3.27. The SMILES string of the molecule is CCNC(=NCc1nccn1CCc1ccccc1)NCC1CC(=O)Nc2ccccc21. The fourth-order valence-corrected chi connectivity index (χ4v) is 3.98. The molecule has 0 fully saturated rings. The molecule has 0 aliphatic carbocycles. The number of nitrogens with one attached hydrogen (secondary N) is 3. The molecule has 0 spiro atoms. The maximum absolute atomic E-state index is 12.1. The Kier molecular flexibility index (Phi) is 7.17. The Morgan fingerprint density at radius 2 is 1.97 bits per heavy atom. The van der Waals surface area contributed by atoms with Gasteiger partial charge in [0.25, 0.3) is 0 Å². The minimum absolute atomic E-state index is 0.0536. The van der Waals surface area contributed by atoms with E-state index in [-0.39, 0.29) is 11.8 Å². The van der Waals surface area contributed by atoms with Crippen LogP contribution in [-0.4, -0.2) is 34.5 Å². The van der Waals surface area contributed by atoms with Gasteiger partial charge >= 0.3 is 0 Å². The Morgan fingerprint density at radius 1 is 1.16 bits per heavy atom. The van der Waals surface area contributed by atoms with Crippen LogP contribution in [-0.2, 0) is 24.3 Å². The minimum Gasteiger partial charge on any atom is -0.357 e. The summed E-state index contributed by atoms with van der Waals surface area (Å²) in [7, 11) is 0. The second kappa shape index (κ2) is 10.6. The molecular weight excluding hydrogens is 400 g/mol. The minimum atomic E-state index is 0.0536. The number of guanidine groups is 1. The molecule has 0 saturated carbocycles. The molecule has 7 heteroatoms. The monoisotopic (exact) mass is 430 g/mol. The van der Waals surface area contributed by atoms with E-state index in [9.17, 15) is 4.79 Å². The van der Waals surface area contributed by atoms with Crippen LogP contribution in [0.4, 0.5) is 5.69 Å². The van der Waals surface area contributed by atoms with Crippen molar-refractivity contribution in [2.24, 2.45) is 4.99 Å². The fourth-order valence-electron chi connectivity index (χ4n) is 3.98. The van der Waals surface area contributed by atoms with Crippen LogP contribution in [0, 0.1) is 0 Å². The first-order chi connectivity index (χ1) is 15.7. The lowest BCUT2D eigenvalue weighted by Gasteiger charge is -2.26. The van der Waals surface area contributed by atoms with Crippen molar-refractivity contribution >= 4 is 17.6 Å². The zero-order valence-electron chi connectivity index (χ0n) is 18.4. The highest BCUT2D eigenvalue weighted by Gasteiger charge is 2.24. The van der Waals surface area contributed by atoms with Crippen LogP contribution in [0.15, 0.2) is 72.0 Å². The number of hydrogen-bond acceptors (Lipinski definition) is 3. The standard InChI is InChI=1S/C25H30N6O/c1-2-26-25(28-17-20-16-24(32)30-22-11-7-6-10-21(20)22)29-18-23-27-13-15-31(23)14-12-19-8-4-3-5-9-19/h3-11,13,15,20H,2,12,14,16-18H2,1H3,(H,30,32)(H2,26,28,29). The Labute approximate surface area is 189 Å². The van der Waals surface area contributed by atoms with Gasteiger partial charge in [0.2, 0.25) is 5.91 Å². The summed E-state index contributed by atoms with van der Waals surface area (Å²) in [6.45, 7) is 4.79. The van der Waals surface area contributed by atoms with Crippen LogP contribution >= 0.6 is 0 Å². The summed E-state index contributed by atoms with van der Waals surface area (Å²) in [5.41, 5.74) is 3.37. The van der Waals surface area contributed by atoms with Crippen LogP contribution in [0.1, 0.15) is 36.2 Å². The van der Waals surface area contributed by atoms with Crippen molar-refractivity contribution in [1.82, 2.24) is 20.2 Å². The van der Waals surface area contributed by atoms with E-state index in [1.165, 1.54) is 5.56 Å². The number of anilines is 1. The zero-order valence-corrected chi connectivity index (χ0v) is 18.4. The molecule has 166 valence electrons. The molecule has 2 heterocycles. The highest BCUT2D eigenvalue weighted by molar-refractivity contribution is 5.94. The van der Waals surface area contributed by atoms with Gasteiger partial charge in [0.15, 0.2) is 5.96 Å². The third kappa shape index (κ3) is 5.55. The number of aromatic nitrogens is 2. The molecule has 1 aliphatic rings. The topological polar surface area (TPSA) is 83.3 Å². The highest BCUT2D eigenvalue weighted by atomic mass is 16.1. The van der Waals surface area contributed by atoms with Gasteiger partial charge in [0.05, 0.1) is 0 Å². The van der Waals surface area contributed by atoms with Gasteiger partial charge in [0, 0.05) is 50.1 Å². The lowest BCUT2D eigenvalue weighted by molar-refractivity contribution is -0.116. The molecule has 0 saturated heterocycles. The fraction of sp³-hybridized carbons (Fsp3) is 0.320. The van der Waals surface area contributed by atoms with Crippen molar-refractivity contribution in [2.45, 2.75) is 38.8 Å². The summed E-state index contributed by atoms with van der Waals surface area (Å²) in [5, 5.41) is 9.66. The molecule has 1 aliphatic heterocycles. The first-order valence-corrected chi connectivity index (χ1v) is 11.2. The number of fused-ring (bicyclic) bond motifs is 1. The van der Waals surface area contributed by atoms with Crippen molar-refractivity contribution < 1.29 is 4.79 Å². The predicted molar refractivity (Wildman–Crippen MR) is 128 cm³/mol. The van der Waals surface area contributed by atoms with Gasteiger partial charge in [-0.15, -0.1) is 0 Å². The van der Waals surface area contributed by atoms with E-state index in [0.29, 0.717) is 19.5 Å².